The Morgan fingerprint density at radius 3 is 2.62 bits per heavy atom. The fourth-order valence-corrected chi connectivity index (χ4v) is 2.77. The number of hydrogen-bond acceptors (Lipinski definition) is 3. The molecule has 1 aliphatic rings. The van der Waals surface area contributed by atoms with Gasteiger partial charge in [0, 0.05) is 24.5 Å². The summed E-state index contributed by atoms with van der Waals surface area (Å²) in [7, 11) is 0. The largest absolute Gasteiger partial charge is 0.393 e. The maximum atomic E-state index is 12.2. The zero-order valence-corrected chi connectivity index (χ0v) is 12.9. The number of carbonyl (C=O) groups excluding carboxylic acids is 1. The minimum absolute atomic E-state index is 0.104. The van der Waals surface area contributed by atoms with E-state index in [-0.39, 0.29) is 12.5 Å². The van der Waals surface area contributed by atoms with Crippen molar-refractivity contribution in [2.24, 2.45) is 0 Å². The second-order valence-electron chi connectivity index (χ2n) is 5.74. The molecule has 0 bridgehead atoms. The van der Waals surface area contributed by atoms with Gasteiger partial charge in [-0.2, -0.15) is 0 Å². The Labute approximate surface area is 130 Å². The summed E-state index contributed by atoms with van der Waals surface area (Å²) in [6.07, 6.45) is 2.86. The highest BCUT2D eigenvalue weighted by atomic mass is 35.5. The highest BCUT2D eigenvalue weighted by Crippen LogP contribution is 2.22. The molecule has 1 saturated heterocycles. The molecule has 1 atom stereocenters. The summed E-state index contributed by atoms with van der Waals surface area (Å²) >= 11 is 5.84. The fourth-order valence-electron chi connectivity index (χ4n) is 2.65. The molecular formula is C16H22ClNO3. The zero-order valence-electron chi connectivity index (χ0n) is 12.1. The molecule has 116 valence electrons. The molecule has 0 radical (unpaired) electrons. The summed E-state index contributed by atoms with van der Waals surface area (Å²) in [5.41, 5.74) is 0.0695. The van der Waals surface area contributed by atoms with Crippen LogP contribution in [0.2, 0.25) is 5.02 Å². The fraction of sp³-hybridized carbons (Fsp3) is 0.562. The van der Waals surface area contributed by atoms with Crippen LogP contribution in [0.25, 0.3) is 0 Å². The highest BCUT2D eigenvalue weighted by molar-refractivity contribution is 6.30. The summed E-state index contributed by atoms with van der Waals surface area (Å²) < 4.78 is 0. The van der Waals surface area contributed by atoms with Gasteiger partial charge in [-0.05, 0) is 43.4 Å². The van der Waals surface area contributed by atoms with E-state index in [4.69, 9.17) is 11.6 Å². The number of carbonyl (C=O) groups is 1. The lowest BCUT2D eigenvalue weighted by Gasteiger charge is -2.24. The van der Waals surface area contributed by atoms with E-state index < -0.39 is 5.60 Å². The van der Waals surface area contributed by atoms with Gasteiger partial charge in [0.1, 0.15) is 0 Å². The first kappa shape index (κ1) is 16.3. The van der Waals surface area contributed by atoms with Crippen LogP contribution < -0.4 is 0 Å². The lowest BCUT2D eigenvalue weighted by Crippen LogP contribution is -2.36. The number of amides is 1. The van der Waals surface area contributed by atoms with Crippen molar-refractivity contribution in [1.29, 1.82) is 0 Å². The number of hydrogen-bond donors (Lipinski definition) is 2. The van der Waals surface area contributed by atoms with Crippen LogP contribution in [0, 0.1) is 0 Å². The first-order valence-electron chi connectivity index (χ1n) is 7.38. The van der Waals surface area contributed by atoms with Crippen LogP contribution in [0.3, 0.4) is 0 Å². The van der Waals surface area contributed by atoms with Gasteiger partial charge in [-0.25, -0.2) is 0 Å². The monoisotopic (exact) mass is 311 g/mol. The van der Waals surface area contributed by atoms with Crippen molar-refractivity contribution in [3.63, 3.8) is 0 Å². The molecule has 0 saturated carbocycles. The van der Waals surface area contributed by atoms with Gasteiger partial charge >= 0.3 is 0 Å². The van der Waals surface area contributed by atoms with Gasteiger partial charge in [0.05, 0.1) is 12.2 Å². The molecule has 1 fully saturated rings. The Kier molecular flexibility index (Phi) is 5.62. The second-order valence-corrected chi connectivity index (χ2v) is 6.18. The SMILES string of the molecule is O=C(CCc1ccc(Cl)cc1)N1CCC[C@@](O)(CO)CC1. The molecule has 1 aromatic carbocycles. The number of aryl methyl sites for hydroxylation is 1. The van der Waals surface area contributed by atoms with Crippen molar-refractivity contribution in [2.75, 3.05) is 19.7 Å². The number of aliphatic hydroxyl groups excluding tert-OH is 1. The molecule has 1 heterocycles. The third-order valence-electron chi connectivity index (χ3n) is 4.11. The lowest BCUT2D eigenvalue weighted by atomic mass is 9.96. The van der Waals surface area contributed by atoms with Crippen molar-refractivity contribution < 1.29 is 15.0 Å². The first-order valence-corrected chi connectivity index (χ1v) is 7.76. The van der Waals surface area contributed by atoms with Crippen molar-refractivity contribution in [2.45, 2.75) is 37.7 Å². The van der Waals surface area contributed by atoms with Crippen LogP contribution in [0.5, 0.6) is 0 Å². The summed E-state index contributed by atoms with van der Waals surface area (Å²) in [6, 6.07) is 7.52. The summed E-state index contributed by atoms with van der Waals surface area (Å²) in [6.45, 7) is 0.929. The maximum absolute atomic E-state index is 12.2. The Hall–Kier alpha value is -1.10. The van der Waals surface area contributed by atoms with E-state index in [1.807, 2.05) is 24.3 Å². The number of rotatable bonds is 4. The molecule has 0 aliphatic carbocycles. The van der Waals surface area contributed by atoms with Crippen LogP contribution in [0.15, 0.2) is 24.3 Å². The van der Waals surface area contributed by atoms with Crippen LogP contribution in [0.4, 0.5) is 0 Å². The summed E-state index contributed by atoms with van der Waals surface area (Å²) in [5.74, 6) is 0.104. The third-order valence-corrected chi connectivity index (χ3v) is 4.36. The predicted octanol–water partition coefficient (Wildman–Crippen LogP) is 2.01. The maximum Gasteiger partial charge on any atom is 0.222 e. The average molecular weight is 312 g/mol. The average Bonchev–Trinajstić information content (AvgIpc) is 2.69. The molecule has 1 aliphatic heterocycles. The van der Waals surface area contributed by atoms with Crippen molar-refractivity contribution >= 4 is 17.5 Å². The molecule has 2 rings (SSSR count). The minimum Gasteiger partial charge on any atom is -0.393 e. The first-order chi connectivity index (χ1) is 10.0. The smallest absolute Gasteiger partial charge is 0.222 e. The zero-order chi connectivity index (χ0) is 15.3. The number of likely N-dealkylation sites (tertiary alicyclic amines) is 1. The van der Waals surface area contributed by atoms with Crippen molar-refractivity contribution in [3.05, 3.63) is 34.9 Å². The van der Waals surface area contributed by atoms with E-state index in [0.717, 1.165) is 12.0 Å². The minimum atomic E-state index is -1.02. The van der Waals surface area contributed by atoms with Crippen LogP contribution in [0.1, 0.15) is 31.2 Å². The summed E-state index contributed by atoms with van der Waals surface area (Å²) in [4.78, 5) is 14.0. The van der Waals surface area contributed by atoms with Gasteiger partial charge in [-0.3, -0.25) is 4.79 Å². The highest BCUT2D eigenvalue weighted by Gasteiger charge is 2.30. The molecular weight excluding hydrogens is 290 g/mol. The molecule has 0 aromatic heterocycles. The molecule has 5 heteroatoms. The van der Waals surface area contributed by atoms with E-state index in [9.17, 15) is 15.0 Å². The normalized spacial score (nSPS) is 22.9. The van der Waals surface area contributed by atoms with Gasteiger partial charge in [0.15, 0.2) is 0 Å². The molecule has 4 nitrogen and oxygen atoms in total. The van der Waals surface area contributed by atoms with Crippen molar-refractivity contribution in [1.82, 2.24) is 4.90 Å². The number of benzene rings is 1. The molecule has 0 unspecified atom stereocenters. The molecule has 2 N–H and O–H groups in total. The third kappa shape index (κ3) is 4.70. The Morgan fingerprint density at radius 1 is 1.24 bits per heavy atom. The van der Waals surface area contributed by atoms with E-state index >= 15 is 0 Å². The predicted molar refractivity (Wildman–Crippen MR) is 82.2 cm³/mol. The van der Waals surface area contributed by atoms with E-state index in [1.165, 1.54) is 0 Å². The Balaban J connectivity index is 1.84. The van der Waals surface area contributed by atoms with Gasteiger partial charge in [0.25, 0.3) is 0 Å². The van der Waals surface area contributed by atoms with Crippen LogP contribution in [-0.4, -0.2) is 46.3 Å². The Morgan fingerprint density at radius 2 is 1.95 bits per heavy atom. The van der Waals surface area contributed by atoms with Gasteiger partial charge < -0.3 is 15.1 Å². The number of halogens is 1. The van der Waals surface area contributed by atoms with Crippen molar-refractivity contribution in [3.8, 4) is 0 Å². The quantitative estimate of drug-likeness (QED) is 0.894. The van der Waals surface area contributed by atoms with Crippen LogP contribution >= 0.6 is 11.6 Å². The second kappa shape index (κ2) is 7.25. The number of nitrogens with zero attached hydrogens (tertiary/aromatic N) is 1. The van der Waals surface area contributed by atoms with Gasteiger partial charge in [0.2, 0.25) is 5.91 Å². The van der Waals surface area contributed by atoms with E-state index in [2.05, 4.69) is 0 Å². The molecule has 1 amide bonds. The van der Waals surface area contributed by atoms with Gasteiger partial charge in [-0.1, -0.05) is 23.7 Å². The van der Waals surface area contributed by atoms with E-state index in [0.29, 0.717) is 43.8 Å². The molecule has 1 aromatic rings. The topological polar surface area (TPSA) is 60.8 Å². The van der Waals surface area contributed by atoms with Crippen LogP contribution in [-0.2, 0) is 11.2 Å². The Bertz CT molecular complexity index is 477. The standard InChI is InChI=1S/C16H22ClNO3/c17-14-5-2-13(3-6-14)4-7-15(20)18-10-1-8-16(21,12-19)9-11-18/h2-3,5-6,19,21H,1,4,7-12H2/t16-/m0/s1. The molecule has 0 spiro atoms. The number of aliphatic hydroxyl groups is 2. The van der Waals surface area contributed by atoms with E-state index in [1.54, 1.807) is 4.90 Å². The lowest BCUT2D eigenvalue weighted by molar-refractivity contribution is -0.131. The van der Waals surface area contributed by atoms with Gasteiger partial charge in [-0.15, -0.1) is 0 Å². The molecule has 21 heavy (non-hydrogen) atoms. The summed E-state index contributed by atoms with van der Waals surface area (Å²) in [5, 5.41) is 20.0.